The molecule has 5 nitrogen and oxygen atoms in total. The summed E-state index contributed by atoms with van der Waals surface area (Å²) in [5.74, 6) is 0. The molecule has 0 saturated carbocycles. The molecule has 1 rings (SSSR count). The fourth-order valence-corrected chi connectivity index (χ4v) is 3.04. The number of hydrogen-bond acceptors (Lipinski definition) is 4. The second-order valence-corrected chi connectivity index (χ2v) is 5.32. The molecule has 0 saturated heterocycles. The molecule has 0 aliphatic heterocycles. The molecule has 0 aliphatic carbocycles. The van der Waals surface area contributed by atoms with Crippen molar-refractivity contribution < 1.29 is 8.42 Å². The van der Waals surface area contributed by atoms with Crippen molar-refractivity contribution in [2.24, 2.45) is 0 Å². The number of pyridine rings is 1. The highest BCUT2D eigenvalue weighted by Crippen LogP contribution is 2.20. The topological polar surface area (TPSA) is 76.3 Å². The summed E-state index contributed by atoms with van der Waals surface area (Å²) in [7, 11) is -3.50. The number of nitrogens with zero attached hydrogens (tertiary/aromatic N) is 2. The molecule has 0 radical (unpaired) electrons. The van der Waals surface area contributed by atoms with Crippen LogP contribution < -0.4 is 5.73 Å². The average Bonchev–Trinajstić information content (AvgIpc) is 2.26. The molecule has 0 aromatic carbocycles. The molecule has 1 aromatic rings. The van der Waals surface area contributed by atoms with Crippen LogP contribution in [0.4, 0.5) is 5.69 Å². The third-order valence-electron chi connectivity index (χ3n) is 2.26. The van der Waals surface area contributed by atoms with E-state index in [-0.39, 0.29) is 10.6 Å². The molecule has 0 spiro atoms. The highest BCUT2D eigenvalue weighted by Gasteiger charge is 2.24. The lowest BCUT2D eigenvalue weighted by atomic mass is 10.4. The molecule has 0 fully saturated rings. The lowest BCUT2D eigenvalue weighted by Gasteiger charge is -2.20. The van der Waals surface area contributed by atoms with Gasteiger partial charge in [-0.2, -0.15) is 4.31 Å². The standard InChI is InChI=1S/C10H17N3O2S/c1-3-7-13(4-2)16(14,15)10-8-12-6-5-9(10)11/h5-6,8H,3-4,7H2,1-2H3,(H2,11,12). The second kappa shape index (κ2) is 5.27. The fourth-order valence-electron chi connectivity index (χ4n) is 1.44. The Hall–Kier alpha value is -1.14. The lowest BCUT2D eigenvalue weighted by Crippen LogP contribution is -2.32. The van der Waals surface area contributed by atoms with Gasteiger partial charge in [0.15, 0.2) is 0 Å². The minimum Gasteiger partial charge on any atom is -0.398 e. The van der Waals surface area contributed by atoms with Gasteiger partial charge in [0.2, 0.25) is 10.0 Å². The molecular formula is C10H17N3O2S. The highest BCUT2D eigenvalue weighted by molar-refractivity contribution is 7.89. The molecule has 0 aliphatic rings. The van der Waals surface area contributed by atoms with Crippen molar-refractivity contribution in [1.29, 1.82) is 0 Å². The van der Waals surface area contributed by atoms with Crippen molar-refractivity contribution in [2.75, 3.05) is 18.8 Å². The van der Waals surface area contributed by atoms with E-state index >= 15 is 0 Å². The third kappa shape index (κ3) is 2.51. The van der Waals surface area contributed by atoms with Crippen LogP contribution in [0.1, 0.15) is 20.3 Å². The van der Waals surface area contributed by atoms with Gasteiger partial charge in [-0.1, -0.05) is 13.8 Å². The van der Waals surface area contributed by atoms with E-state index in [1.54, 1.807) is 6.92 Å². The van der Waals surface area contributed by atoms with Crippen LogP contribution in [-0.2, 0) is 10.0 Å². The van der Waals surface area contributed by atoms with Crippen molar-refractivity contribution in [3.8, 4) is 0 Å². The van der Waals surface area contributed by atoms with Gasteiger partial charge in [-0.25, -0.2) is 8.42 Å². The summed E-state index contributed by atoms with van der Waals surface area (Å²) in [5, 5.41) is 0. The Labute approximate surface area is 96.3 Å². The number of hydrogen-bond donors (Lipinski definition) is 1. The van der Waals surface area contributed by atoms with Gasteiger partial charge in [-0.15, -0.1) is 0 Å². The summed E-state index contributed by atoms with van der Waals surface area (Å²) in [6.45, 7) is 4.67. The number of aromatic nitrogens is 1. The van der Waals surface area contributed by atoms with E-state index in [2.05, 4.69) is 4.98 Å². The molecule has 2 N–H and O–H groups in total. The van der Waals surface area contributed by atoms with Crippen LogP contribution in [0, 0.1) is 0 Å². The Balaban J connectivity index is 3.15. The highest BCUT2D eigenvalue weighted by atomic mass is 32.2. The van der Waals surface area contributed by atoms with E-state index in [0.717, 1.165) is 6.42 Å². The van der Waals surface area contributed by atoms with Crippen molar-refractivity contribution >= 4 is 15.7 Å². The van der Waals surface area contributed by atoms with E-state index in [1.807, 2.05) is 6.92 Å². The molecule has 0 amide bonds. The molecule has 0 atom stereocenters. The molecule has 0 unspecified atom stereocenters. The quantitative estimate of drug-likeness (QED) is 0.839. The Kier molecular flexibility index (Phi) is 4.26. The maximum atomic E-state index is 12.2. The summed E-state index contributed by atoms with van der Waals surface area (Å²) in [4.78, 5) is 3.89. The lowest BCUT2D eigenvalue weighted by molar-refractivity contribution is 0.427. The van der Waals surface area contributed by atoms with Crippen molar-refractivity contribution in [3.05, 3.63) is 18.5 Å². The van der Waals surface area contributed by atoms with E-state index in [4.69, 9.17) is 5.73 Å². The largest absolute Gasteiger partial charge is 0.398 e. The van der Waals surface area contributed by atoms with Crippen LogP contribution in [0.25, 0.3) is 0 Å². The number of nitrogen functional groups attached to an aromatic ring is 1. The average molecular weight is 243 g/mol. The van der Waals surface area contributed by atoms with Crippen LogP contribution in [0.15, 0.2) is 23.4 Å². The van der Waals surface area contributed by atoms with Gasteiger partial charge in [0.25, 0.3) is 0 Å². The van der Waals surface area contributed by atoms with Gasteiger partial charge in [-0.3, -0.25) is 4.98 Å². The van der Waals surface area contributed by atoms with Crippen molar-refractivity contribution in [3.63, 3.8) is 0 Å². The maximum absolute atomic E-state index is 12.2. The van der Waals surface area contributed by atoms with Crippen molar-refractivity contribution in [1.82, 2.24) is 9.29 Å². The number of nitrogens with two attached hydrogens (primary N) is 1. The first kappa shape index (κ1) is 12.9. The molecule has 90 valence electrons. The SMILES string of the molecule is CCCN(CC)S(=O)(=O)c1cnccc1N. The predicted octanol–water partition coefficient (Wildman–Crippen LogP) is 1.08. The summed E-state index contributed by atoms with van der Waals surface area (Å²) in [5.41, 5.74) is 5.89. The van der Waals surface area contributed by atoms with Crippen LogP contribution in [0.5, 0.6) is 0 Å². The molecular weight excluding hydrogens is 226 g/mol. The zero-order valence-electron chi connectivity index (χ0n) is 9.55. The van der Waals surface area contributed by atoms with E-state index in [0.29, 0.717) is 13.1 Å². The van der Waals surface area contributed by atoms with Crippen molar-refractivity contribution in [2.45, 2.75) is 25.2 Å². The van der Waals surface area contributed by atoms with Gasteiger partial charge < -0.3 is 5.73 Å². The summed E-state index contributed by atoms with van der Waals surface area (Å²) < 4.78 is 25.8. The first-order chi connectivity index (χ1) is 7.54. The molecule has 16 heavy (non-hydrogen) atoms. The van der Waals surface area contributed by atoms with E-state index in [9.17, 15) is 8.42 Å². The Morgan fingerprint density at radius 3 is 2.62 bits per heavy atom. The molecule has 1 aromatic heterocycles. The molecule has 1 heterocycles. The summed E-state index contributed by atoms with van der Waals surface area (Å²) in [6, 6.07) is 1.49. The molecule has 0 bridgehead atoms. The first-order valence-electron chi connectivity index (χ1n) is 5.23. The summed E-state index contributed by atoms with van der Waals surface area (Å²) >= 11 is 0. The minimum atomic E-state index is -3.50. The monoisotopic (exact) mass is 243 g/mol. The number of anilines is 1. The second-order valence-electron chi connectivity index (χ2n) is 3.41. The van der Waals surface area contributed by atoms with Crippen LogP contribution in [-0.4, -0.2) is 30.8 Å². The van der Waals surface area contributed by atoms with Crippen LogP contribution >= 0.6 is 0 Å². The number of sulfonamides is 1. The van der Waals surface area contributed by atoms with Gasteiger partial charge in [0.05, 0.1) is 5.69 Å². The predicted molar refractivity (Wildman–Crippen MR) is 63.4 cm³/mol. The summed E-state index contributed by atoms with van der Waals surface area (Å²) in [6.07, 6.45) is 3.54. The normalized spacial score (nSPS) is 11.9. The maximum Gasteiger partial charge on any atom is 0.246 e. The Bertz CT molecular complexity index is 445. The van der Waals surface area contributed by atoms with Gasteiger partial charge >= 0.3 is 0 Å². The van der Waals surface area contributed by atoms with Crippen LogP contribution in [0.3, 0.4) is 0 Å². The van der Waals surface area contributed by atoms with Gasteiger partial charge in [0, 0.05) is 25.5 Å². The Morgan fingerprint density at radius 2 is 2.12 bits per heavy atom. The van der Waals surface area contributed by atoms with Gasteiger partial charge in [-0.05, 0) is 12.5 Å². The first-order valence-corrected chi connectivity index (χ1v) is 6.67. The zero-order valence-corrected chi connectivity index (χ0v) is 10.4. The fraction of sp³-hybridized carbons (Fsp3) is 0.500. The van der Waals surface area contributed by atoms with Crippen LogP contribution in [0.2, 0.25) is 0 Å². The Morgan fingerprint density at radius 1 is 1.44 bits per heavy atom. The minimum absolute atomic E-state index is 0.0882. The van der Waals surface area contributed by atoms with E-state index in [1.165, 1.54) is 22.8 Å². The molecule has 6 heteroatoms. The zero-order chi connectivity index (χ0) is 12.2. The van der Waals surface area contributed by atoms with Gasteiger partial charge in [0.1, 0.15) is 4.90 Å². The number of rotatable bonds is 5. The van der Waals surface area contributed by atoms with E-state index < -0.39 is 10.0 Å². The smallest absolute Gasteiger partial charge is 0.246 e. The third-order valence-corrected chi connectivity index (χ3v) is 4.28.